The van der Waals surface area contributed by atoms with E-state index in [4.69, 9.17) is 4.74 Å². The summed E-state index contributed by atoms with van der Waals surface area (Å²) in [5.41, 5.74) is 2.06. The van der Waals surface area contributed by atoms with Crippen molar-refractivity contribution in [3.63, 3.8) is 0 Å². The van der Waals surface area contributed by atoms with E-state index in [1.807, 2.05) is 36.1 Å². The van der Waals surface area contributed by atoms with Crippen LogP contribution in [0.15, 0.2) is 29.6 Å². The minimum absolute atomic E-state index is 0.146. The van der Waals surface area contributed by atoms with Crippen molar-refractivity contribution >= 4 is 17.2 Å². The van der Waals surface area contributed by atoms with Crippen LogP contribution in [-0.4, -0.2) is 29.4 Å². The quantitative estimate of drug-likeness (QED) is 0.857. The van der Waals surface area contributed by atoms with Gasteiger partial charge in [0.1, 0.15) is 10.8 Å². The van der Waals surface area contributed by atoms with Gasteiger partial charge < -0.3 is 9.64 Å². The van der Waals surface area contributed by atoms with E-state index in [2.05, 4.69) is 10.4 Å². The molecule has 0 unspecified atom stereocenters. The van der Waals surface area contributed by atoms with E-state index in [0.717, 1.165) is 47.8 Å². The summed E-state index contributed by atoms with van der Waals surface area (Å²) in [7, 11) is 1.65. The number of hydrogen-bond acceptors (Lipinski definition) is 4. The van der Waals surface area contributed by atoms with E-state index >= 15 is 0 Å². The summed E-state index contributed by atoms with van der Waals surface area (Å²) in [4.78, 5) is 19.4. The molecule has 1 aromatic carbocycles. The maximum Gasteiger partial charge on any atom is 0.227 e. The number of rotatable bonds is 4. The van der Waals surface area contributed by atoms with Gasteiger partial charge in [0.25, 0.3) is 0 Å². The molecule has 0 radical (unpaired) electrons. The maximum absolute atomic E-state index is 12.8. The summed E-state index contributed by atoms with van der Waals surface area (Å²) >= 11 is 1.67. The molecule has 1 fully saturated rings. The van der Waals surface area contributed by atoms with Gasteiger partial charge in [0.15, 0.2) is 0 Å². The minimum Gasteiger partial charge on any atom is -0.497 e. The van der Waals surface area contributed by atoms with Gasteiger partial charge in [-0.3, -0.25) is 4.79 Å². The molecule has 0 spiro atoms. The molecule has 4 nitrogen and oxygen atoms in total. The molecular formula is C18H22N2O2S. The Balaban J connectivity index is 1.73. The first-order valence-corrected chi connectivity index (χ1v) is 8.90. The molecule has 1 atom stereocenters. The Morgan fingerprint density at radius 2 is 2.13 bits per heavy atom. The number of benzene rings is 1. The zero-order valence-corrected chi connectivity index (χ0v) is 14.4. The molecule has 1 aliphatic rings. The van der Waals surface area contributed by atoms with Gasteiger partial charge in [-0.1, -0.05) is 12.1 Å². The minimum atomic E-state index is 0.146. The van der Waals surface area contributed by atoms with Crippen LogP contribution >= 0.6 is 11.3 Å². The normalized spacial score (nSPS) is 18.0. The Hall–Kier alpha value is -1.88. The van der Waals surface area contributed by atoms with Crippen molar-refractivity contribution in [2.75, 3.05) is 13.7 Å². The van der Waals surface area contributed by atoms with Gasteiger partial charge in [0.05, 0.1) is 19.6 Å². The van der Waals surface area contributed by atoms with Crippen LogP contribution in [0.25, 0.3) is 0 Å². The Morgan fingerprint density at radius 3 is 2.78 bits per heavy atom. The lowest BCUT2D eigenvalue weighted by Crippen LogP contribution is -2.39. The average Bonchev–Trinajstić information content (AvgIpc) is 3.02. The number of carbonyl (C=O) groups excluding carboxylic acids is 1. The highest BCUT2D eigenvalue weighted by Crippen LogP contribution is 2.33. The fraction of sp³-hybridized carbons (Fsp3) is 0.444. The van der Waals surface area contributed by atoms with Gasteiger partial charge in [-0.05, 0) is 43.9 Å². The zero-order chi connectivity index (χ0) is 16.2. The highest BCUT2D eigenvalue weighted by Gasteiger charge is 2.29. The van der Waals surface area contributed by atoms with E-state index in [1.54, 1.807) is 18.4 Å². The number of ether oxygens (including phenoxy) is 1. The van der Waals surface area contributed by atoms with Crippen LogP contribution < -0.4 is 4.74 Å². The van der Waals surface area contributed by atoms with Gasteiger partial charge in [0.2, 0.25) is 5.91 Å². The van der Waals surface area contributed by atoms with Crippen molar-refractivity contribution in [1.82, 2.24) is 9.88 Å². The van der Waals surface area contributed by atoms with Crippen molar-refractivity contribution in [3.05, 3.63) is 45.9 Å². The SMILES string of the molecule is COc1ccc(CC(=O)N2CCCC[C@H]2c2nc(C)cs2)cc1. The number of thiazole rings is 1. The summed E-state index contributed by atoms with van der Waals surface area (Å²) in [5.74, 6) is 1.00. The van der Waals surface area contributed by atoms with Crippen molar-refractivity contribution in [2.45, 2.75) is 38.6 Å². The number of aryl methyl sites for hydroxylation is 1. The fourth-order valence-corrected chi connectivity index (χ4v) is 3.97. The largest absolute Gasteiger partial charge is 0.497 e. The number of amides is 1. The highest BCUT2D eigenvalue weighted by molar-refractivity contribution is 7.09. The first-order valence-electron chi connectivity index (χ1n) is 8.02. The van der Waals surface area contributed by atoms with Crippen molar-refractivity contribution in [3.8, 4) is 5.75 Å². The van der Waals surface area contributed by atoms with Crippen LogP contribution in [0.4, 0.5) is 0 Å². The first kappa shape index (κ1) is 16.0. The van der Waals surface area contributed by atoms with Crippen LogP contribution in [0.2, 0.25) is 0 Å². The van der Waals surface area contributed by atoms with Crippen molar-refractivity contribution in [1.29, 1.82) is 0 Å². The smallest absolute Gasteiger partial charge is 0.227 e. The van der Waals surface area contributed by atoms with Gasteiger partial charge >= 0.3 is 0 Å². The molecule has 0 bridgehead atoms. The van der Waals surface area contributed by atoms with Gasteiger partial charge in [0, 0.05) is 17.6 Å². The Bertz CT molecular complexity index is 666. The van der Waals surface area contributed by atoms with Crippen LogP contribution in [0.3, 0.4) is 0 Å². The summed E-state index contributed by atoms with van der Waals surface area (Å²) in [5, 5.41) is 3.14. The average molecular weight is 330 g/mol. The fourth-order valence-electron chi connectivity index (χ4n) is 3.03. The number of methoxy groups -OCH3 is 1. The van der Waals surface area contributed by atoms with E-state index in [1.165, 1.54) is 0 Å². The van der Waals surface area contributed by atoms with Crippen molar-refractivity contribution in [2.24, 2.45) is 0 Å². The van der Waals surface area contributed by atoms with Crippen LogP contribution in [-0.2, 0) is 11.2 Å². The second-order valence-corrected chi connectivity index (χ2v) is 6.84. The Kier molecular flexibility index (Phi) is 4.96. The summed E-state index contributed by atoms with van der Waals surface area (Å²) in [6.45, 7) is 2.84. The number of aromatic nitrogens is 1. The molecule has 2 aromatic rings. The maximum atomic E-state index is 12.8. The predicted molar refractivity (Wildman–Crippen MR) is 91.9 cm³/mol. The lowest BCUT2D eigenvalue weighted by atomic mass is 10.0. The summed E-state index contributed by atoms with van der Waals surface area (Å²) < 4.78 is 5.17. The molecule has 2 heterocycles. The van der Waals surface area contributed by atoms with Gasteiger partial charge in [-0.15, -0.1) is 11.3 Å². The monoisotopic (exact) mass is 330 g/mol. The lowest BCUT2D eigenvalue weighted by Gasteiger charge is -2.34. The highest BCUT2D eigenvalue weighted by atomic mass is 32.1. The lowest BCUT2D eigenvalue weighted by molar-refractivity contribution is -0.134. The van der Waals surface area contributed by atoms with Crippen LogP contribution in [0.5, 0.6) is 5.75 Å². The van der Waals surface area contributed by atoms with Gasteiger partial charge in [-0.2, -0.15) is 0 Å². The number of hydrogen-bond donors (Lipinski definition) is 0. The third-order valence-electron chi connectivity index (χ3n) is 4.26. The third kappa shape index (κ3) is 3.72. The summed E-state index contributed by atoms with van der Waals surface area (Å²) in [6.07, 6.45) is 3.69. The van der Waals surface area contributed by atoms with E-state index < -0.39 is 0 Å². The molecule has 0 saturated carbocycles. The molecule has 0 aliphatic carbocycles. The molecule has 23 heavy (non-hydrogen) atoms. The predicted octanol–water partition coefficient (Wildman–Crippen LogP) is 3.76. The molecule has 3 rings (SSSR count). The number of carbonyl (C=O) groups is 1. The van der Waals surface area contributed by atoms with E-state index in [-0.39, 0.29) is 11.9 Å². The second-order valence-electron chi connectivity index (χ2n) is 5.95. The molecular weight excluding hydrogens is 308 g/mol. The molecule has 1 aliphatic heterocycles. The molecule has 1 aromatic heterocycles. The van der Waals surface area contributed by atoms with Crippen molar-refractivity contribution < 1.29 is 9.53 Å². The number of likely N-dealkylation sites (tertiary alicyclic amines) is 1. The Labute approximate surface area is 141 Å². The molecule has 5 heteroatoms. The topological polar surface area (TPSA) is 42.4 Å². The second kappa shape index (κ2) is 7.13. The van der Waals surface area contributed by atoms with E-state index in [0.29, 0.717) is 6.42 Å². The standard InChI is InChI=1S/C18H22N2O2S/c1-13-12-23-18(19-13)16-5-3-4-10-20(16)17(21)11-14-6-8-15(22-2)9-7-14/h6-9,12,16H,3-5,10-11H2,1-2H3/t16-/m0/s1. The first-order chi connectivity index (χ1) is 11.2. The zero-order valence-electron chi connectivity index (χ0n) is 13.6. The molecule has 1 saturated heterocycles. The van der Waals surface area contributed by atoms with Crippen LogP contribution in [0.1, 0.15) is 41.6 Å². The molecule has 1 amide bonds. The molecule has 0 N–H and O–H groups in total. The van der Waals surface area contributed by atoms with Crippen LogP contribution in [0, 0.1) is 6.92 Å². The number of nitrogens with zero attached hydrogens (tertiary/aromatic N) is 2. The number of piperidine rings is 1. The summed E-state index contributed by atoms with van der Waals surface area (Å²) in [6, 6.07) is 7.88. The Morgan fingerprint density at radius 1 is 1.35 bits per heavy atom. The third-order valence-corrected chi connectivity index (χ3v) is 5.32. The van der Waals surface area contributed by atoms with E-state index in [9.17, 15) is 4.79 Å². The van der Waals surface area contributed by atoms with Gasteiger partial charge in [-0.25, -0.2) is 4.98 Å². The molecule has 122 valence electrons.